The quantitative estimate of drug-likeness (QED) is 0.317. The van der Waals surface area contributed by atoms with E-state index < -0.39 is 11.6 Å². The van der Waals surface area contributed by atoms with Gasteiger partial charge in [0, 0.05) is 17.5 Å². The molecule has 4 N–H and O–H groups in total. The molecule has 0 aliphatic carbocycles. The van der Waals surface area contributed by atoms with Crippen LogP contribution in [0.5, 0.6) is 0 Å². The van der Waals surface area contributed by atoms with E-state index in [-0.39, 0.29) is 16.3 Å². The van der Waals surface area contributed by atoms with Crippen molar-refractivity contribution >= 4 is 51.7 Å². The van der Waals surface area contributed by atoms with E-state index in [9.17, 15) is 9.18 Å². The molecule has 0 fully saturated rings. The van der Waals surface area contributed by atoms with Crippen LogP contribution in [0.15, 0.2) is 65.1 Å². The van der Waals surface area contributed by atoms with Gasteiger partial charge in [0.1, 0.15) is 11.4 Å². The number of hydrogen-bond donors (Lipinski definition) is 2. The summed E-state index contributed by atoms with van der Waals surface area (Å²) in [5, 5.41) is 0.780. The molecular formula is C22H17ClFN2O2S+. The number of anilines is 1. The van der Waals surface area contributed by atoms with Crippen LogP contribution in [-0.2, 0) is 0 Å². The van der Waals surface area contributed by atoms with Crippen molar-refractivity contribution in [2.45, 2.75) is 0 Å². The normalized spacial score (nSPS) is 11.0. The minimum atomic E-state index is -0.506. The molecule has 0 unspecified atom stereocenters. The number of halogens is 2. The van der Waals surface area contributed by atoms with Crippen LogP contribution in [-0.4, -0.2) is 12.0 Å². The minimum absolute atomic E-state index is 0.0358. The fourth-order valence-corrected chi connectivity index (χ4v) is 3.80. The lowest BCUT2D eigenvalue weighted by Crippen LogP contribution is -2.41. The number of furan rings is 1. The molecule has 29 heavy (non-hydrogen) atoms. The maximum atomic E-state index is 13.3. The van der Waals surface area contributed by atoms with Gasteiger partial charge in [0.2, 0.25) is 11.5 Å². The molecule has 1 aromatic heterocycles. The molecule has 4 aromatic rings. The molecule has 0 saturated carbocycles. The average Bonchev–Trinajstić information content (AvgIpc) is 3.04. The monoisotopic (exact) mass is 427 g/mol. The van der Waals surface area contributed by atoms with Gasteiger partial charge < -0.3 is 14.9 Å². The Balaban J connectivity index is 1.76. The number of carbonyl (C=O) groups is 1. The number of rotatable bonds is 5. The van der Waals surface area contributed by atoms with Crippen LogP contribution in [0.3, 0.4) is 0 Å². The van der Waals surface area contributed by atoms with Gasteiger partial charge in [-0.2, -0.15) is 0 Å². The third-order valence-corrected chi connectivity index (χ3v) is 5.34. The first kappa shape index (κ1) is 19.5. The first-order valence-corrected chi connectivity index (χ1v) is 10.4. The molecule has 7 heteroatoms. The predicted octanol–water partition coefficient (Wildman–Crippen LogP) is 5.69. The van der Waals surface area contributed by atoms with Crippen LogP contribution in [0.1, 0.15) is 16.1 Å². The van der Waals surface area contributed by atoms with Gasteiger partial charge in [0.15, 0.2) is 5.69 Å². The van der Waals surface area contributed by atoms with Crippen LogP contribution in [0, 0.1) is 5.82 Å². The summed E-state index contributed by atoms with van der Waals surface area (Å²) in [6, 6.07) is 17.4. The highest BCUT2D eigenvalue weighted by Crippen LogP contribution is 2.34. The lowest BCUT2D eigenvalue weighted by molar-refractivity contribution is -0.253. The van der Waals surface area contributed by atoms with Gasteiger partial charge in [-0.15, -0.1) is 0 Å². The molecule has 146 valence electrons. The first-order chi connectivity index (χ1) is 14.0. The second-order valence-electron chi connectivity index (χ2n) is 6.46. The maximum absolute atomic E-state index is 13.3. The SMILES string of the molecule is CSNc1cccc(-c2ccc3c([NH3+])c(C(=O)c4ccc(F)cc4Cl)oc3c2)c1. The maximum Gasteiger partial charge on any atom is 0.236 e. The van der Waals surface area contributed by atoms with Crippen LogP contribution in [0.25, 0.3) is 22.1 Å². The molecule has 0 saturated heterocycles. The van der Waals surface area contributed by atoms with E-state index in [1.54, 1.807) is 0 Å². The highest BCUT2D eigenvalue weighted by Gasteiger charge is 2.25. The summed E-state index contributed by atoms with van der Waals surface area (Å²) in [4.78, 5) is 12.9. The Hall–Kier alpha value is -2.80. The number of ketones is 1. The number of carbonyl (C=O) groups excluding carboxylic acids is 1. The Morgan fingerprint density at radius 2 is 1.90 bits per heavy atom. The Kier molecular flexibility index (Phi) is 5.32. The van der Waals surface area contributed by atoms with E-state index in [1.807, 2.05) is 48.7 Å². The molecule has 0 spiro atoms. The third-order valence-electron chi connectivity index (χ3n) is 4.59. The summed E-state index contributed by atoms with van der Waals surface area (Å²) in [5.74, 6) is -0.832. The number of benzene rings is 3. The van der Waals surface area contributed by atoms with E-state index >= 15 is 0 Å². The van der Waals surface area contributed by atoms with E-state index in [1.165, 1.54) is 24.1 Å². The second kappa shape index (κ2) is 7.91. The Morgan fingerprint density at radius 1 is 1.10 bits per heavy atom. The van der Waals surface area contributed by atoms with Crippen molar-refractivity contribution in [3.63, 3.8) is 0 Å². The standard InChI is InChI=1S/C22H16ClFN2O2S/c1-29-26-15-4-2-3-12(9-15)13-5-7-17-19(10-13)28-22(20(17)25)21(27)16-8-6-14(24)11-18(16)23/h2-11,26H,25H2,1H3/p+1. The molecule has 4 rings (SSSR count). The molecule has 0 atom stereocenters. The lowest BCUT2D eigenvalue weighted by Gasteiger charge is -2.06. The summed E-state index contributed by atoms with van der Waals surface area (Å²) in [6.07, 6.45) is 1.96. The van der Waals surface area contributed by atoms with Gasteiger partial charge >= 0.3 is 0 Å². The zero-order chi connectivity index (χ0) is 20.5. The summed E-state index contributed by atoms with van der Waals surface area (Å²) in [6.45, 7) is 0. The van der Waals surface area contributed by atoms with Gasteiger partial charge in [-0.3, -0.25) is 4.79 Å². The zero-order valence-corrected chi connectivity index (χ0v) is 17.0. The zero-order valence-electron chi connectivity index (χ0n) is 15.5. The smallest absolute Gasteiger partial charge is 0.236 e. The molecular weight excluding hydrogens is 411 g/mol. The highest BCUT2D eigenvalue weighted by atomic mass is 35.5. The van der Waals surface area contributed by atoms with Crippen molar-refractivity contribution < 1.29 is 19.3 Å². The van der Waals surface area contributed by atoms with Gasteiger partial charge in [-0.25, -0.2) is 4.39 Å². The number of nitrogens with one attached hydrogen (secondary N) is 1. The summed E-state index contributed by atoms with van der Waals surface area (Å²) < 4.78 is 22.4. The lowest BCUT2D eigenvalue weighted by atomic mass is 10.0. The summed E-state index contributed by atoms with van der Waals surface area (Å²) in [5.41, 5.74) is 8.17. The van der Waals surface area contributed by atoms with Crippen molar-refractivity contribution in [3.8, 4) is 11.1 Å². The first-order valence-electron chi connectivity index (χ1n) is 8.75. The van der Waals surface area contributed by atoms with Gasteiger partial charge in [0.25, 0.3) is 0 Å². The fourth-order valence-electron chi connectivity index (χ4n) is 3.19. The molecule has 0 aliphatic rings. The topological polar surface area (TPSA) is 69.9 Å². The largest absolute Gasteiger partial charge is 0.446 e. The van der Waals surface area contributed by atoms with Gasteiger partial charge in [0.05, 0.1) is 10.4 Å². The van der Waals surface area contributed by atoms with Crippen LogP contribution in [0.2, 0.25) is 5.02 Å². The van der Waals surface area contributed by atoms with E-state index in [0.717, 1.165) is 28.3 Å². The van der Waals surface area contributed by atoms with E-state index in [2.05, 4.69) is 10.5 Å². The minimum Gasteiger partial charge on any atom is -0.446 e. The number of quaternary nitrogens is 1. The molecule has 4 nitrogen and oxygen atoms in total. The molecule has 0 aliphatic heterocycles. The number of hydrogen-bond acceptors (Lipinski definition) is 4. The van der Waals surface area contributed by atoms with Crippen LogP contribution in [0.4, 0.5) is 15.8 Å². The molecule has 1 heterocycles. The molecule has 0 amide bonds. The van der Waals surface area contributed by atoms with Crippen LogP contribution >= 0.6 is 23.5 Å². The van der Waals surface area contributed by atoms with Crippen molar-refractivity contribution in [1.29, 1.82) is 0 Å². The second-order valence-corrected chi connectivity index (χ2v) is 7.48. The van der Waals surface area contributed by atoms with Gasteiger partial charge in [-0.05, 0) is 53.6 Å². The van der Waals surface area contributed by atoms with Crippen LogP contribution < -0.4 is 10.5 Å². The molecule has 0 radical (unpaired) electrons. The van der Waals surface area contributed by atoms with Crippen molar-refractivity contribution in [3.05, 3.63) is 82.8 Å². The molecule has 3 aromatic carbocycles. The van der Waals surface area contributed by atoms with Crippen molar-refractivity contribution in [2.75, 3.05) is 11.0 Å². The van der Waals surface area contributed by atoms with E-state index in [0.29, 0.717) is 11.3 Å². The fraction of sp³-hybridized carbons (Fsp3) is 0.0455. The van der Waals surface area contributed by atoms with Crippen molar-refractivity contribution in [2.24, 2.45) is 0 Å². The average molecular weight is 428 g/mol. The Bertz CT molecular complexity index is 1240. The van der Waals surface area contributed by atoms with Gasteiger partial charge in [-0.1, -0.05) is 41.7 Å². The predicted molar refractivity (Wildman–Crippen MR) is 116 cm³/mol. The molecule has 0 bridgehead atoms. The Labute approximate surface area is 176 Å². The summed E-state index contributed by atoms with van der Waals surface area (Å²) >= 11 is 7.56. The number of fused-ring (bicyclic) bond motifs is 1. The Morgan fingerprint density at radius 3 is 2.66 bits per heavy atom. The summed E-state index contributed by atoms with van der Waals surface area (Å²) in [7, 11) is 0. The third kappa shape index (κ3) is 3.74. The van der Waals surface area contributed by atoms with E-state index in [4.69, 9.17) is 16.0 Å². The highest BCUT2D eigenvalue weighted by molar-refractivity contribution is 7.99. The van der Waals surface area contributed by atoms with Crippen molar-refractivity contribution in [1.82, 2.24) is 0 Å².